The lowest BCUT2D eigenvalue weighted by Crippen LogP contribution is -2.42. The highest BCUT2D eigenvalue weighted by molar-refractivity contribution is 4.73. The summed E-state index contributed by atoms with van der Waals surface area (Å²) in [6.45, 7) is 10.2. The Kier molecular flexibility index (Phi) is 8.07. The summed E-state index contributed by atoms with van der Waals surface area (Å²) >= 11 is 0. The number of hydrogen-bond donors (Lipinski definition) is 1. The molecule has 0 fully saturated rings. The van der Waals surface area contributed by atoms with Crippen LogP contribution in [0.3, 0.4) is 0 Å². The SMILES string of the molecule is CCC(CC)NCC(CC(C)C)N(C)C. The van der Waals surface area contributed by atoms with E-state index in [0.717, 1.165) is 12.5 Å². The molecule has 0 spiro atoms. The Bertz CT molecular complexity index is 139. The number of rotatable bonds is 8. The smallest absolute Gasteiger partial charge is 0.0217 e. The topological polar surface area (TPSA) is 15.3 Å². The Morgan fingerprint density at radius 2 is 1.60 bits per heavy atom. The average Bonchev–Trinajstić information content (AvgIpc) is 2.16. The van der Waals surface area contributed by atoms with E-state index >= 15 is 0 Å². The van der Waals surface area contributed by atoms with Gasteiger partial charge in [0.25, 0.3) is 0 Å². The fraction of sp³-hybridized carbons (Fsp3) is 1.00. The van der Waals surface area contributed by atoms with Gasteiger partial charge in [0.2, 0.25) is 0 Å². The maximum atomic E-state index is 3.66. The first-order chi connectivity index (χ1) is 7.01. The van der Waals surface area contributed by atoms with E-state index in [4.69, 9.17) is 0 Å². The highest BCUT2D eigenvalue weighted by Crippen LogP contribution is 2.09. The average molecular weight is 214 g/mol. The first-order valence-corrected chi connectivity index (χ1v) is 6.41. The molecule has 1 atom stereocenters. The normalized spacial score (nSPS) is 14.2. The quantitative estimate of drug-likeness (QED) is 0.668. The Morgan fingerprint density at radius 3 is 1.93 bits per heavy atom. The second-order valence-electron chi connectivity index (χ2n) is 5.17. The molecule has 0 aliphatic heterocycles. The monoisotopic (exact) mass is 214 g/mol. The van der Waals surface area contributed by atoms with Crippen molar-refractivity contribution in [2.24, 2.45) is 5.92 Å². The number of nitrogens with one attached hydrogen (secondary N) is 1. The van der Waals surface area contributed by atoms with E-state index in [1.54, 1.807) is 0 Å². The van der Waals surface area contributed by atoms with Crippen molar-refractivity contribution in [3.05, 3.63) is 0 Å². The van der Waals surface area contributed by atoms with Crippen molar-refractivity contribution in [2.75, 3.05) is 20.6 Å². The van der Waals surface area contributed by atoms with E-state index in [9.17, 15) is 0 Å². The zero-order chi connectivity index (χ0) is 11.8. The molecule has 0 aromatic heterocycles. The minimum Gasteiger partial charge on any atom is -0.312 e. The van der Waals surface area contributed by atoms with E-state index in [2.05, 4.69) is 52.0 Å². The molecule has 0 rings (SSSR count). The predicted molar refractivity (Wildman–Crippen MR) is 69.3 cm³/mol. The molecule has 0 amide bonds. The fourth-order valence-electron chi connectivity index (χ4n) is 1.90. The van der Waals surface area contributed by atoms with E-state index in [1.165, 1.54) is 19.3 Å². The third kappa shape index (κ3) is 6.91. The molecule has 2 heteroatoms. The molecule has 0 heterocycles. The predicted octanol–water partition coefficient (Wildman–Crippen LogP) is 2.74. The standard InChI is InChI=1S/C13H30N2/c1-7-12(8-2)14-10-13(15(5)6)9-11(3)4/h11-14H,7-10H2,1-6H3. The first kappa shape index (κ1) is 14.9. The van der Waals surface area contributed by atoms with Crippen LogP contribution in [0.4, 0.5) is 0 Å². The molecule has 0 radical (unpaired) electrons. The molecular weight excluding hydrogens is 184 g/mol. The van der Waals surface area contributed by atoms with Crippen molar-refractivity contribution in [2.45, 2.75) is 59.0 Å². The molecule has 0 aromatic carbocycles. The maximum Gasteiger partial charge on any atom is 0.0217 e. The molecule has 0 saturated heterocycles. The molecule has 0 aliphatic carbocycles. The summed E-state index contributed by atoms with van der Waals surface area (Å²) in [7, 11) is 4.36. The van der Waals surface area contributed by atoms with Crippen LogP contribution in [0, 0.1) is 5.92 Å². The van der Waals surface area contributed by atoms with Crippen molar-refractivity contribution in [3.8, 4) is 0 Å². The van der Waals surface area contributed by atoms with Gasteiger partial charge in [0.05, 0.1) is 0 Å². The van der Waals surface area contributed by atoms with Crippen LogP contribution in [0.25, 0.3) is 0 Å². The summed E-state index contributed by atoms with van der Waals surface area (Å²) in [5.74, 6) is 0.779. The van der Waals surface area contributed by atoms with Gasteiger partial charge in [-0.1, -0.05) is 27.7 Å². The van der Waals surface area contributed by atoms with Crippen molar-refractivity contribution in [1.29, 1.82) is 0 Å². The molecule has 0 aromatic rings. The van der Waals surface area contributed by atoms with Gasteiger partial charge < -0.3 is 10.2 Å². The van der Waals surface area contributed by atoms with Gasteiger partial charge in [-0.15, -0.1) is 0 Å². The van der Waals surface area contributed by atoms with Crippen LogP contribution in [0.5, 0.6) is 0 Å². The Labute approximate surface area is 96.4 Å². The summed E-state index contributed by atoms with van der Waals surface area (Å²) in [6.07, 6.45) is 3.75. The molecule has 0 saturated carbocycles. The van der Waals surface area contributed by atoms with Gasteiger partial charge >= 0.3 is 0 Å². The van der Waals surface area contributed by atoms with Gasteiger partial charge in [-0.25, -0.2) is 0 Å². The first-order valence-electron chi connectivity index (χ1n) is 6.41. The lowest BCUT2D eigenvalue weighted by Gasteiger charge is -2.28. The maximum absolute atomic E-state index is 3.66. The molecule has 1 N–H and O–H groups in total. The highest BCUT2D eigenvalue weighted by Gasteiger charge is 2.14. The minimum atomic E-state index is 0.672. The minimum absolute atomic E-state index is 0.672. The molecule has 2 nitrogen and oxygen atoms in total. The molecule has 15 heavy (non-hydrogen) atoms. The highest BCUT2D eigenvalue weighted by atomic mass is 15.1. The van der Waals surface area contributed by atoms with Crippen LogP contribution in [-0.4, -0.2) is 37.6 Å². The third-order valence-electron chi connectivity index (χ3n) is 3.10. The lowest BCUT2D eigenvalue weighted by atomic mass is 10.0. The second-order valence-corrected chi connectivity index (χ2v) is 5.17. The van der Waals surface area contributed by atoms with Crippen LogP contribution in [-0.2, 0) is 0 Å². The summed E-state index contributed by atoms with van der Waals surface area (Å²) in [5, 5.41) is 3.66. The molecule has 92 valence electrons. The van der Waals surface area contributed by atoms with Crippen molar-refractivity contribution in [3.63, 3.8) is 0 Å². The zero-order valence-electron chi connectivity index (χ0n) is 11.5. The third-order valence-corrected chi connectivity index (χ3v) is 3.10. The number of hydrogen-bond acceptors (Lipinski definition) is 2. The lowest BCUT2D eigenvalue weighted by molar-refractivity contribution is 0.238. The van der Waals surface area contributed by atoms with Gasteiger partial charge in [-0.3, -0.25) is 0 Å². The Hall–Kier alpha value is -0.0800. The molecule has 1 unspecified atom stereocenters. The van der Waals surface area contributed by atoms with Crippen LogP contribution in [0.1, 0.15) is 47.0 Å². The van der Waals surface area contributed by atoms with Crippen LogP contribution < -0.4 is 5.32 Å². The van der Waals surface area contributed by atoms with E-state index in [-0.39, 0.29) is 0 Å². The summed E-state index contributed by atoms with van der Waals surface area (Å²) in [4.78, 5) is 2.34. The summed E-state index contributed by atoms with van der Waals surface area (Å²) in [6, 6.07) is 1.37. The van der Waals surface area contributed by atoms with Gasteiger partial charge in [-0.05, 0) is 39.3 Å². The number of nitrogens with zero attached hydrogens (tertiary/aromatic N) is 1. The van der Waals surface area contributed by atoms with Gasteiger partial charge in [0, 0.05) is 18.6 Å². The van der Waals surface area contributed by atoms with Crippen molar-refractivity contribution in [1.82, 2.24) is 10.2 Å². The summed E-state index contributed by atoms with van der Waals surface area (Å²) in [5.41, 5.74) is 0. The Balaban J connectivity index is 3.94. The molecular formula is C13H30N2. The van der Waals surface area contributed by atoms with Gasteiger partial charge in [-0.2, -0.15) is 0 Å². The largest absolute Gasteiger partial charge is 0.312 e. The fourth-order valence-corrected chi connectivity index (χ4v) is 1.90. The molecule has 0 aliphatic rings. The van der Waals surface area contributed by atoms with Gasteiger partial charge in [0.1, 0.15) is 0 Å². The van der Waals surface area contributed by atoms with Crippen molar-refractivity contribution < 1.29 is 0 Å². The van der Waals surface area contributed by atoms with Crippen LogP contribution in [0.15, 0.2) is 0 Å². The number of likely N-dealkylation sites (N-methyl/N-ethyl adjacent to an activating group) is 1. The molecule has 0 bridgehead atoms. The van der Waals surface area contributed by atoms with E-state index < -0.39 is 0 Å². The van der Waals surface area contributed by atoms with Crippen LogP contribution in [0.2, 0.25) is 0 Å². The van der Waals surface area contributed by atoms with Gasteiger partial charge in [0.15, 0.2) is 0 Å². The van der Waals surface area contributed by atoms with E-state index in [0.29, 0.717) is 12.1 Å². The van der Waals surface area contributed by atoms with E-state index in [1.807, 2.05) is 0 Å². The van der Waals surface area contributed by atoms with Crippen LogP contribution >= 0.6 is 0 Å². The second kappa shape index (κ2) is 8.12. The Morgan fingerprint density at radius 1 is 1.07 bits per heavy atom. The zero-order valence-corrected chi connectivity index (χ0v) is 11.5. The van der Waals surface area contributed by atoms with Crippen molar-refractivity contribution >= 4 is 0 Å². The summed E-state index contributed by atoms with van der Waals surface area (Å²) < 4.78 is 0.